The van der Waals surface area contributed by atoms with E-state index in [0.29, 0.717) is 12.6 Å². The molecule has 1 aromatic carbocycles. The molecule has 5 heteroatoms. The number of carboxylic acids is 1. The monoisotopic (exact) mass is 266 g/mol. The highest BCUT2D eigenvalue weighted by atomic mass is 19.1. The highest BCUT2D eigenvalue weighted by Gasteiger charge is 2.21. The minimum Gasteiger partial charge on any atom is -0.481 e. The molecule has 104 valence electrons. The van der Waals surface area contributed by atoms with Crippen LogP contribution < -0.4 is 5.32 Å². The lowest BCUT2D eigenvalue weighted by Gasteiger charge is -2.16. The lowest BCUT2D eigenvalue weighted by molar-refractivity contribution is -0.136. The molecule has 1 heterocycles. The third-order valence-electron chi connectivity index (χ3n) is 3.34. The molecule has 2 rings (SSSR count). The number of benzene rings is 1. The smallest absolute Gasteiger partial charge is 0.304 e. The molecule has 0 bridgehead atoms. The molecule has 1 saturated heterocycles. The van der Waals surface area contributed by atoms with Crippen LogP contribution in [0, 0.1) is 5.82 Å². The summed E-state index contributed by atoms with van der Waals surface area (Å²) in [5.74, 6) is -0.977. The lowest BCUT2D eigenvalue weighted by Crippen LogP contribution is -2.33. The Kier molecular flexibility index (Phi) is 4.87. The van der Waals surface area contributed by atoms with Gasteiger partial charge in [-0.05, 0) is 24.1 Å². The van der Waals surface area contributed by atoms with Crippen LogP contribution in [-0.4, -0.2) is 41.7 Å². The van der Waals surface area contributed by atoms with E-state index in [-0.39, 0.29) is 12.2 Å². The fourth-order valence-electron chi connectivity index (χ4n) is 2.42. The van der Waals surface area contributed by atoms with Crippen molar-refractivity contribution >= 4 is 5.97 Å². The fraction of sp³-hybridized carbons (Fsp3) is 0.500. The highest BCUT2D eigenvalue weighted by molar-refractivity contribution is 5.66. The molecule has 0 saturated carbocycles. The second kappa shape index (κ2) is 6.63. The number of carbonyl (C=O) groups is 1. The normalized spacial score (nSPS) is 19.7. The van der Waals surface area contributed by atoms with Crippen LogP contribution in [0.3, 0.4) is 0 Å². The maximum atomic E-state index is 13.1. The maximum absolute atomic E-state index is 13.1. The molecule has 1 fully saturated rings. The average Bonchev–Trinajstić information content (AvgIpc) is 2.76. The summed E-state index contributed by atoms with van der Waals surface area (Å²) in [4.78, 5) is 12.7. The quantitative estimate of drug-likeness (QED) is 0.818. The largest absolute Gasteiger partial charge is 0.481 e. The standard InChI is InChI=1S/C14H19FN2O2/c15-12-3-1-2-11(8-12)9-17-7-5-13(10-17)16-6-4-14(18)19/h1-3,8,13,16H,4-7,9-10H2,(H,18,19). The number of carboxylic acid groups (broad SMARTS) is 1. The van der Waals surface area contributed by atoms with Crippen LogP contribution in [0.25, 0.3) is 0 Å². The van der Waals surface area contributed by atoms with Crippen LogP contribution in [0.1, 0.15) is 18.4 Å². The van der Waals surface area contributed by atoms with Crippen molar-refractivity contribution in [1.82, 2.24) is 10.2 Å². The number of halogens is 1. The van der Waals surface area contributed by atoms with E-state index in [1.807, 2.05) is 6.07 Å². The fourth-order valence-corrected chi connectivity index (χ4v) is 2.42. The summed E-state index contributed by atoms with van der Waals surface area (Å²) < 4.78 is 13.1. The van der Waals surface area contributed by atoms with E-state index in [2.05, 4.69) is 10.2 Å². The van der Waals surface area contributed by atoms with Crippen molar-refractivity contribution < 1.29 is 14.3 Å². The third-order valence-corrected chi connectivity index (χ3v) is 3.34. The summed E-state index contributed by atoms with van der Waals surface area (Å²) in [5.41, 5.74) is 0.978. The van der Waals surface area contributed by atoms with E-state index in [4.69, 9.17) is 5.11 Å². The predicted molar refractivity (Wildman–Crippen MR) is 70.3 cm³/mol. The van der Waals surface area contributed by atoms with Gasteiger partial charge >= 0.3 is 5.97 Å². The van der Waals surface area contributed by atoms with Gasteiger partial charge in [0.2, 0.25) is 0 Å². The van der Waals surface area contributed by atoms with Crippen LogP contribution in [0.15, 0.2) is 24.3 Å². The molecule has 4 nitrogen and oxygen atoms in total. The SMILES string of the molecule is O=C(O)CCNC1CCN(Cc2cccc(F)c2)C1. The Balaban J connectivity index is 1.74. The second-order valence-electron chi connectivity index (χ2n) is 4.95. The Morgan fingerprint density at radius 1 is 1.53 bits per heavy atom. The molecule has 0 aliphatic carbocycles. The van der Waals surface area contributed by atoms with Crippen LogP contribution in [0.4, 0.5) is 4.39 Å². The van der Waals surface area contributed by atoms with Gasteiger partial charge in [-0.15, -0.1) is 0 Å². The van der Waals surface area contributed by atoms with E-state index >= 15 is 0 Å². The molecule has 2 N–H and O–H groups in total. The van der Waals surface area contributed by atoms with Gasteiger partial charge in [-0.1, -0.05) is 12.1 Å². The number of likely N-dealkylation sites (tertiary alicyclic amines) is 1. The number of aliphatic carboxylic acids is 1. The van der Waals surface area contributed by atoms with Crippen molar-refractivity contribution in [3.05, 3.63) is 35.6 Å². The van der Waals surface area contributed by atoms with Crippen LogP contribution in [0.2, 0.25) is 0 Å². The van der Waals surface area contributed by atoms with E-state index in [1.165, 1.54) is 6.07 Å². The van der Waals surface area contributed by atoms with Gasteiger partial charge in [0.25, 0.3) is 0 Å². The zero-order valence-corrected chi connectivity index (χ0v) is 10.8. The Morgan fingerprint density at radius 3 is 3.11 bits per heavy atom. The first kappa shape index (κ1) is 14.0. The van der Waals surface area contributed by atoms with Crippen molar-refractivity contribution in [3.63, 3.8) is 0 Å². The van der Waals surface area contributed by atoms with E-state index < -0.39 is 5.97 Å². The summed E-state index contributed by atoms with van der Waals surface area (Å²) >= 11 is 0. The summed E-state index contributed by atoms with van der Waals surface area (Å²) in [6.07, 6.45) is 1.16. The number of nitrogens with zero attached hydrogens (tertiary/aromatic N) is 1. The van der Waals surface area contributed by atoms with Gasteiger partial charge in [0, 0.05) is 32.2 Å². The first-order valence-electron chi connectivity index (χ1n) is 6.55. The summed E-state index contributed by atoms with van der Waals surface area (Å²) in [6.45, 7) is 3.10. The zero-order chi connectivity index (χ0) is 13.7. The van der Waals surface area contributed by atoms with Gasteiger partial charge in [-0.2, -0.15) is 0 Å². The molecule has 19 heavy (non-hydrogen) atoms. The minimum atomic E-state index is -0.776. The Labute approximate surface area is 112 Å². The highest BCUT2D eigenvalue weighted by Crippen LogP contribution is 2.14. The van der Waals surface area contributed by atoms with E-state index in [0.717, 1.165) is 31.6 Å². The molecule has 0 aromatic heterocycles. The zero-order valence-electron chi connectivity index (χ0n) is 10.8. The summed E-state index contributed by atoms with van der Waals surface area (Å²) in [6, 6.07) is 7.00. The third kappa shape index (κ3) is 4.61. The molecule has 1 atom stereocenters. The second-order valence-corrected chi connectivity index (χ2v) is 4.95. The molecule has 1 aromatic rings. The van der Waals surface area contributed by atoms with Crippen LogP contribution >= 0.6 is 0 Å². The van der Waals surface area contributed by atoms with E-state index in [1.54, 1.807) is 12.1 Å². The molecule has 0 radical (unpaired) electrons. The predicted octanol–water partition coefficient (Wildman–Crippen LogP) is 1.46. The Hall–Kier alpha value is -1.46. The minimum absolute atomic E-state index is 0.153. The summed E-state index contributed by atoms with van der Waals surface area (Å²) in [7, 11) is 0. The molecular weight excluding hydrogens is 247 g/mol. The molecule has 0 spiro atoms. The van der Waals surface area contributed by atoms with Crippen LogP contribution in [0.5, 0.6) is 0 Å². The maximum Gasteiger partial charge on any atom is 0.304 e. The number of hydrogen-bond donors (Lipinski definition) is 2. The van der Waals surface area contributed by atoms with Gasteiger partial charge in [-0.25, -0.2) is 4.39 Å². The first-order valence-corrected chi connectivity index (χ1v) is 6.55. The van der Waals surface area contributed by atoms with Gasteiger partial charge in [-0.3, -0.25) is 9.69 Å². The lowest BCUT2D eigenvalue weighted by atomic mass is 10.2. The van der Waals surface area contributed by atoms with Crippen molar-refractivity contribution in [3.8, 4) is 0 Å². The Bertz CT molecular complexity index is 439. The number of nitrogens with one attached hydrogen (secondary N) is 1. The molecule has 0 amide bonds. The van der Waals surface area contributed by atoms with Crippen molar-refractivity contribution in [2.75, 3.05) is 19.6 Å². The molecular formula is C14H19FN2O2. The number of rotatable bonds is 6. The molecule has 1 aliphatic heterocycles. The summed E-state index contributed by atoms with van der Waals surface area (Å²) in [5, 5.41) is 11.8. The average molecular weight is 266 g/mol. The van der Waals surface area contributed by atoms with E-state index in [9.17, 15) is 9.18 Å². The van der Waals surface area contributed by atoms with Gasteiger partial charge < -0.3 is 10.4 Å². The molecule has 1 unspecified atom stereocenters. The molecule has 1 aliphatic rings. The van der Waals surface area contributed by atoms with Crippen LogP contribution in [-0.2, 0) is 11.3 Å². The van der Waals surface area contributed by atoms with Crippen molar-refractivity contribution in [2.24, 2.45) is 0 Å². The van der Waals surface area contributed by atoms with Gasteiger partial charge in [0.15, 0.2) is 0 Å². The van der Waals surface area contributed by atoms with Crippen molar-refractivity contribution in [1.29, 1.82) is 0 Å². The van der Waals surface area contributed by atoms with Crippen molar-refractivity contribution in [2.45, 2.75) is 25.4 Å². The van der Waals surface area contributed by atoms with Gasteiger partial charge in [0.1, 0.15) is 5.82 Å². The number of hydrogen-bond acceptors (Lipinski definition) is 3. The van der Waals surface area contributed by atoms with Gasteiger partial charge in [0.05, 0.1) is 6.42 Å². The topological polar surface area (TPSA) is 52.6 Å². The Morgan fingerprint density at radius 2 is 2.37 bits per heavy atom. The first-order chi connectivity index (χ1) is 9.13.